The molecule has 0 bridgehead atoms. The van der Waals surface area contributed by atoms with Crippen LogP contribution in [0.1, 0.15) is 29.6 Å². The number of alkyl halides is 3. The fourth-order valence-corrected chi connectivity index (χ4v) is 3.44. The summed E-state index contributed by atoms with van der Waals surface area (Å²) in [6.07, 6.45) is -0.583. The zero-order valence-corrected chi connectivity index (χ0v) is 14.2. The number of carbonyl (C=O) groups is 1. The lowest BCUT2D eigenvalue weighted by atomic mass is 9.88. The number of nitrogens with zero attached hydrogens (tertiary/aromatic N) is 1. The van der Waals surface area contributed by atoms with Crippen LogP contribution in [0.15, 0.2) is 46.1 Å². The molecule has 1 N–H and O–H groups in total. The van der Waals surface area contributed by atoms with Gasteiger partial charge in [-0.25, -0.2) is 0 Å². The molecule has 7 heteroatoms. The Balaban J connectivity index is 1.94. The van der Waals surface area contributed by atoms with Gasteiger partial charge in [-0.3, -0.25) is 4.79 Å². The maximum Gasteiger partial charge on any atom is 0.395 e. The van der Waals surface area contributed by atoms with Gasteiger partial charge in [0, 0.05) is 23.1 Å². The predicted molar refractivity (Wildman–Crippen MR) is 86.4 cm³/mol. The van der Waals surface area contributed by atoms with Gasteiger partial charge in [-0.15, -0.1) is 0 Å². The highest BCUT2D eigenvalue weighted by Crippen LogP contribution is 2.40. The van der Waals surface area contributed by atoms with Crippen molar-refractivity contribution in [2.45, 2.75) is 25.4 Å². The number of rotatable bonds is 1. The summed E-state index contributed by atoms with van der Waals surface area (Å²) >= 11 is 3.24. The fourth-order valence-electron chi connectivity index (χ4n) is 3.08. The summed E-state index contributed by atoms with van der Waals surface area (Å²) in [5.74, 6) is -2.24. The summed E-state index contributed by atoms with van der Waals surface area (Å²) in [7, 11) is 0. The molecule has 128 valence electrons. The molecule has 1 aliphatic heterocycles. The van der Waals surface area contributed by atoms with Crippen molar-refractivity contribution in [1.82, 2.24) is 4.90 Å². The molecule has 1 heterocycles. The highest BCUT2D eigenvalue weighted by atomic mass is 79.9. The number of phenols is 1. The van der Waals surface area contributed by atoms with Crippen LogP contribution in [0, 0.1) is 5.92 Å². The molecule has 0 saturated carbocycles. The van der Waals surface area contributed by atoms with E-state index in [2.05, 4.69) is 15.9 Å². The first-order valence-corrected chi connectivity index (χ1v) is 8.34. The lowest BCUT2D eigenvalue weighted by Crippen LogP contribution is -2.38. The van der Waals surface area contributed by atoms with Gasteiger partial charge in [0.05, 0.1) is 11.5 Å². The second-order valence-electron chi connectivity index (χ2n) is 5.91. The standard InChI is InChI=1S/C17H15BrF3NO2/c18-12-5-6-15(23)13(9-12)16(24)22-7-1-2-10-3-4-11(8-14(10)22)17(19,20)21/h3-6,9,11,23H,1-2,7-8H2. The molecule has 2 aliphatic rings. The molecule has 0 radical (unpaired) electrons. The molecular formula is C17H15BrF3NO2. The summed E-state index contributed by atoms with van der Waals surface area (Å²) in [6.45, 7) is 0.349. The number of benzene rings is 1. The van der Waals surface area contributed by atoms with Crippen LogP contribution in [0.25, 0.3) is 0 Å². The summed E-state index contributed by atoms with van der Waals surface area (Å²) < 4.78 is 39.8. The average molecular weight is 402 g/mol. The monoisotopic (exact) mass is 401 g/mol. The van der Waals surface area contributed by atoms with Crippen LogP contribution >= 0.6 is 15.9 Å². The number of carbonyl (C=O) groups excluding carboxylic acids is 1. The minimum absolute atomic E-state index is 0.0798. The Morgan fingerprint density at radius 3 is 2.79 bits per heavy atom. The zero-order chi connectivity index (χ0) is 17.5. The number of allylic oxidation sites excluding steroid dienone is 4. The summed E-state index contributed by atoms with van der Waals surface area (Å²) in [4.78, 5) is 14.2. The Bertz CT molecular complexity index is 740. The largest absolute Gasteiger partial charge is 0.507 e. The lowest BCUT2D eigenvalue weighted by Gasteiger charge is -2.35. The molecule has 1 aromatic carbocycles. The Kier molecular flexibility index (Phi) is 4.46. The SMILES string of the molecule is O=C(c1cc(Br)ccc1O)N1CCCC2=C1CC(C(F)(F)F)C=C2. The van der Waals surface area contributed by atoms with Gasteiger partial charge in [-0.2, -0.15) is 13.2 Å². The Hall–Kier alpha value is -1.76. The predicted octanol–water partition coefficient (Wildman–Crippen LogP) is 4.78. The number of phenolic OH excluding ortho intramolecular Hbond substituents is 1. The van der Waals surface area contributed by atoms with Gasteiger partial charge < -0.3 is 10.0 Å². The number of hydrogen-bond acceptors (Lipinski definition) is 2. The molecule has 1 unspecified atom stereocenters. The van der Waals surface area contributed by atoms with Gasteiger partial charge in [-0.05, 0) is 36.6 Å². The van der Waals surface area contributed by atoms with Gasteiger partial charge in [0.15, 0.2) is 0 Å². The van der Waals surface area contributed by atoms with E-state index in [1.807, 2.05) is 0 Å². The van der Waals surface area contributed by atoms with Gasteiger partial charge in [-0.1, -0.05) is 28.1 Å². The molecule has 24 heavy (non-hydrogen) atoms. The van der Waals surface area contributed by atoms with Crippen molar-refractivity contribution in [3.8, 4) is 5.75 Å². The van der Waals surface area contributed by atoms with Crippen molar-refractivity contribution in [3.05, 3.63) is 51.7 Å². The van der Waals surface area contributed by atoms with Crippen molar-refractivity contribution < 1.29 is 23.1 Å². The molecule has 1 amide bonds. The fraction of sp³-hybridized carbons (Fsp3) is 0.353. The topological polar surface area (TPSA) is 40.5 Å². The molecule has 0 fully saturated rings. The zero-order valence-electron chi connectivity index (χ0n) is 12.6. The summed E-state index contributed by atoms with van der Waals surface area (Å²) in [5.41, 5.74) is 1.26. The highest BCUT2D eigenvalue weighted by Gasteiger charge is 2.42. The van der Waals surface area contributed by atoms with E-state index in [4.69, 9.17) is 0 Å². The lowest BCUT2D eigenvalue weighted by molar-refractivity contribution is -0.161. The van der Waals surface area contributed by atoms with Crippen molar-refractivity contribution in [2.24, 2.45) is 5.92 Å². The van der Waals surface area contributed by atoms with Crippen LogP contribution in [0.5, 0.6) is 5.75 Å². The van der Waals surface area contributed by atoms with E-state index in [1.165, 1.54) is 29.2 Å². The van der Waals surface area contributed by atoms with Crippen LogP contribution in [0.4, 0.5) is 13.2 Å². The van der Waals surface area contributed by atoms with Gasteiger partial charge in [0.1, 0.15) is 5.75 Å². The van der Waals surface area contributed by atoms with E-state index < -0.39 is 18.0 Å². The molecule has 0 saturated heterocycles. The van der Waals surface area contributed by atoms with E-state index in [0.29, 0.717) is 29.6 Å². The van der Waals surface area contributed by atoms with Crippen LogP contribution in [0.2, 0.25) is 0 Å². The summed E-state index contributed by atoms with van der Waals surface area (Å²) in [5, 5.41) is 9.93. The first-order chi connectivity index (χ1) is 11.3. The molecule has 3 nitrogen and oxygen atoms in total. The molecule has 1 aromatic rings. The minimum atomic E-state index is -4.33. The van der Waals surface area contributed by atoms with Crippen LogP contribution in [-0.2, 0) is 0 Å². The average Bonchev–Trinajstić information content (AvgIpc) is 2.54. The first kappa shape index (κ1) is 17.1. The second-order valence-corrected chi connectivity index (χ2v) is 6.82. The Morgan fingerprint density at radius 1 is 1.33 bits per heavy atom. The van der Waals surface area contributed by atoms with Crippen molar-refractivity contribution in [3.63, 3.8) is 0 Å². The quantitative estimate of drug-likeness (QED) is 0.735. The third-order valence-electron chi connectivity index (χ3n) is 4.32. The number of hydrogen-bond donors (Lipinski definition) is 1. The molecule has 3 rings (SSSR count). The van der Waals surface area contributed by atoms with E-state index in [9.17, 15) is 23.1 Å². The van der Waals surface area contributed by atoms with Gasteiger partial charge >= 0.3 is 6.18 Å². The van der Waals surface area contributed by atoms with Crippen molar-refractivity contribution in [1.29, 1.82) is 0 Å². The second kappa shape index (κ2) is 6.27. The third kappa shape index (κ3) is 3.22. The number of aromatic hydroxyl groups is 1. The molecule has 0 spiro atoms. The Morgan fingerprint density at radius 2 is 2.08 bits per heavy atom. The maximum atomic E-state index is 13.0. The number of amides is 1. The van der Waals surface area contributed by atoms with Crippen molar-refractivity contribution >= 4 is 21.8 Å². The van der Waals surface area contributed by atoms with E-state index in [0.717, 1.165) is 5.57 Å². The van der Waals surface area contributed by atoms with E-state index in [1.54, 1.807) is 6.07 Å². The number of halogens is 4. The summed E-state index contributed by atoms with van der Waals surface area (Å²) in [6, 6.07) is 4.46. The third-order valence-corrected chi connectivity index (χ3v) is 4.82. The van der Waals surface area contributed by atoms with Crippen molar-refractivity contribution in [2.75, 3.05) is 6.54 Å². The molecular weight excluding hydrogens is 387 g/mol. The Labute approximate surface area is 145 Å². The smallest absolute Gasteiger partial charge is 0.395 e. The van der Waals surface area contributed by atoms with Crippen LogP contribution < -0.4 is 0 Å². The van der Waals surface area contributed by atoms with E-state index >= 15 is 0 Å². The minimum Gasteiger partial charge on any atom is -0.507 e. The molecule has 0 aromatic heterocycles. The van der Waals surface area contributed by atoms with Gasteiger partial charge in [0.2, 0.25) is 0 Å². The molecule has 1 atom stereocenters. The van der Waals surface area contributed by atoms with E-state index in [-0.39, 0.29) is 17.7 Å². The van der Waals surface area contributed by atoms with Crippen LogP contribution in [-0.4, -0.2) is 28.6 Å². The normalized spacial score (nSPS) is 21.0. The maximum absolute atomic E-state index is 13.0. The highest BCUT2D eigenvalue weighted by molar-refractivity contribution is 9.10. The first-order valence-electron chi connectivity index (χ1n) is 7.54. The van der Waals surface area contributed by atoms with Gasteiger partial charge in [0.25, 0.3) is 5.91 Å². The molecule has 1 aliphatic carbocycles. The van der Waals surface area contributed by atoms with Crippen LogP contribution in [0.3, 0.4) is 0 Å².